The zero-order valence-electron chi connectivity index (χ0n) is 11.4. The maximum absolute atomic E-state index is 12.0. The molecule has 2 rings (SSSR count). The Labute approximate surface area is 114 Å². The lowest BCUT2D eigenvalue weighted by molar-refractivity contribution is -0.116. The molecule has 0 aromatic heterocycles. The average Bonchev–Trinajstić information content (AvgIpc) is 2.44. The van der Waals surface area contributed by atoms with Gasteiger partial charge in [-0.3, -0.25) is 9.59 Å². The number of unbranched alkanes of at least 4 members (excludes halogenated alkanes) is 4. The number of para-hydroxylation sites is 1. The maximum atomic E-state index is 12.0. The van der Waals surface area contributed by atoms with Gasteiger partial charge in [0.05, 0.1) is 6.04 Å². The zero-order chi connectivity index (χ0) is 13.7. The molecule has 1 atom stereocenters. The number of nitrogens with one attached hydrogen (secondary N) is 1. The summed E-state index contributed by atoms with van der Waals surface area (Å²) < 4.78 is 0. The number of benzene rings is 1. The van der Waals surface area contributed by atoms with Gasteiger partial charge in [-0.25, -0.2) is 0 Å². The fraction of sp³-hybridized carbons (Fsp3) is 0.500. The van der Waals surface area contributed by atoms with Crippen LogP contribution >= 0.6 is 0 Å². The van der Waals surface area contributed by atoms with E-state index in [2.05, 4.69) is 12.2 Å². The first kappa shape index (κ1) is 13.8. The van der Waals surface area contributed by atoms with E-state index in [-0.39, 0.29) is 17.6 Å². The minimum Gasteiger partial charge on any atom is -0.374 e. The van der Waals surface area contributed by atoms with Crippen molar-refractivity contribution in [1.82, 2.24) is 0 Å². The van der Waals surface area contributed by atoms with Crippen LogP contribution in [0.3, 0.4) is 0 Å². The van der Waals surface area contributed by atoms with Crippen molar-refractivity contribution in [1.29, 1.82) is 0 Å². The lowest BCUT2D eigenvalue weighted by Gasteiger charge is -2.24. The predicted molar refractivity (Wildman–Crippen MR) is 76.6 cm³/mol. The largest absolute Gasteiger partial charge is 0.374 e. The van der Waals surface area contributed by atoms with Gasteiger partial charge in [0.2, 0.25) is 11.6 Å². The molecule has 1 unspecified atom stereocenters. The van der Waals surface area contributed by atoms with E-state index in [1.165, 1.54) is 19.3 Å². The first-order valence-electron chi connectivity index (χ1n) is 7.18. The number of hydrogen-bond acceptors (Lipinski definition) is 3. The molecule has 3 heteroatoms. The van der Waals surface area contributed by atoms with Gasteiger partial charge < -0.3 is 5.32 Å². The molecular formula is C16H21NO2. The van der Waals surface area contributed by atoms with Crippen LogP contribution < -0.4 is 5.32 Å². The molecule has 0 saturated carbocycles. The van der Waals surface area contributed by atoms with Crippen molar-refractivity contribution in [2.75, 3.05) is 5.32 Å². The van der Waals surface area contributed by atoms with Gasteiger partial charge in [0, 0.05) is 11.3 Å². The molecule has 1 aromatic rings. The molecule has 0 spiro atoms. The summed E-state index contributed by atoms with van der Waals surface area (Å²) in [5, 5.41) is 3.20. The Morgan fingerprint density at radius 1 is 1.05 bits per heavy atom. The zero-order valence-corrected chi connectivity index (χ0v) is 11.4. The SMILES string of the molecule is CCCCCCCC1Nc2ccccc2C(=O)C1=O. The van der Waals surface area contributed by atoms with Crippen molar-refractivity contribution in [3.8, 4) is 0 Å². The minimum atomic E-state index is -0.340. The van der Waals surface area contributed by atoms with Crippen LogP contribution in [0.25, 0.3) is 0 Å². The second kappa shape index (κ2) is 6.50. The number of carbonyl (C=O) groups excluding carboxylic acids is 2. The second-order valence-electron chi connectivity index (χ2n) is 5.14. The van der Waals surface area contributed by atoms with Gasteiger partial charge in [0.1, 0.15) is 0 Å². The summed E-state index contributed by atoms with van der Waals surface area (Å²) in [6.07, 6.45) is 6.55. The monoisotopic (exact) mass is 259 g/mol. The highest BCUT2D eigenvalue weighted by Gasteiger charge is 2.32. The highest BCUT2D eigenvalue weighted by Crippen LogP contribution is 2.24. The lowest BCUT2D eigenvalue weighted by atomic mass is 9.92. The quantitative estimate of drug-likeness (QED) is 0.627. The smallest absolute Gasteiger partial charge is 0.232 e. The van der Waals surface area contributed by atoms with Gasteiger partial charge in [-0.2, -0.15) is 0 Å². The van der Waals surface area contributed by atoms with Gasteiger partial charge in [-0.15, -0.1) is 0 Å². The summed E-state index contributed by atoms with van der Waals surface area (Å²) in [4.78, 5) is 24.0. The van der Waals surface area contributed by atoms with Crippen LogP contribution in [-0.2, 0) is 4.79 Å². The normalized spacial score (nSPS) is 18.1. The molecule has 1 N–H and O–H groups in total. The Balaban J connectivity index is 1.93. The average molecular weight is 259 g/mol. The van der Waals surface area contributed by atoms with E-state index >= 15 is 0 Å². The van der Waals surface area contributed by atoms with Crippen molar-refractivity contribution >= 4 is 17.3 Å². The molecule has 1 aromatic carbocycles. The highest BCUT2D eigenvalue weighted by molar-refractivity contribution is 6.48. The topological polar surface area (TPSA) is 46.2 Å². The molecule has 3 nitrogen and oxygen atoms in total. The standard InChI is InChI=1S/C16H21NO2/c1-2-3-4-5-6-11-14-16(19)15(18)12-9-7-8-10-13(12)17-14/h7-10,14,17H,2-6,11H2,1H3. The van der Waals surface area contributed by atoms with E-state index in [1.54, 1.807) is 12.1 Å². The van der Waals surface area contributed by atoms with E-state index in [0.29, 0.717) is 5.56 Å². The van der Waals surface area contributed by atoms with Gasteiger partial charge in [-0.05, 0) is 18.6 Å². The molecule has 0 saturated heterocycles. The summed E-state index contributed by atoms with van der Waals surface area (Å²) in [7, 11) is 0. The number of Topliss-reactive ketones (excluding diaryl/α,β-unsaturated/α-hetero) is 2. The second-order valence-corrected chi connectivity index (χ2v) is 5.14. The number of carbonyl (C=O) groups is 2. The summed E-state index contributed by atoms with van der Waals surface area (Å²) in [6, 6.07) is 6.91. The molecule has 1 heterocycles. The Bertz CT molecular complexity index is 468. The first-order chi connectivity index (χ1) is 9.24. The van der Waals surface area contributed by atoms with Crippen molar-refractivity contribution in [3.05, 3.63) is 29.8 Å². The van der Waals surface area contributed by atoms with Crippen LogP contribution in [0.2, 0.25) is 0 Å². The Morgan fingerprint density at radius 2 is 1.79 bits per heavy atom. The van der Waals surface area contributed by atoms with Crippen LogP contribution in [0.1, 0.15) is 55.8 Å². The number of fused-ring (bicyclic) bond motifs is 1. The van der Waals surface area contributed by atoms with Gasteiger partial charge in [0.25, 0.3) is 0 Å². The van der Waals surface area contributed by atoms with Crippen LogP contribution in [0.4, 0.5) is 5.69 Å². The van der Waals surface area contributed by atoms with Crippen LogP contribution in [0, 0.1) is 0 Å². The summed E-state index contributed by atoms with van der Waals surface area (Å²) in [5.41, 5.74) is 1.31. The van der Waals surface area contributed by atoms with Crippen LogP contribution in [0.15, 0.2) is 24.3 Å². The fourth-order valence-electron chi connectivity index (χ4n) is 2.51. The van der Waals surface area contributed by atoms with Crippen molar-refractivity contribution in [3.63, 3.8) is 0 Å². The third kappa shape index (κ3) is 3.22. The number of rotatable bonds is 6. The van der Waals surface area contributed by atoms with Crippen molar-refractivity contribution in [2.24, 2.45) is 0 Å². The third-order valence-corrected chi connectivity index (χ3v) is 3.64. The summed E-state index contributed by atoms with van der Waals surface area (Å²) in [5.74, 6) is -0.623. The van der Waals surface area contributed by atoms with Gasteiger partial charge in [0.15, 0.2) is 0 Å². The molecule has 0 bridgehead atoms. The lowest BCUT2D eigenvalue weighted by Crippen LogP contribution is -2.39. The molecule has 0 aliphatic carbocycles. The van der Waals surface area contributed by atoms with Crippen molar-refractivity contribution < 1.29 is 9.59 Å². The van der Waals surface area contributed by atoms with Gasteiger partial charge >= 0.3 is 0 Å². The Hall–Kier alpha value is -1.64. The molecule has 0 radical (unpaired) electrons. The molecule has 102 valence electrons. The summed E-state index contributed by atoms with van der Waals surface area (Å²) >= 11 is 0. The van der Waals surface area contributed by atoms with Gasteiger partial charge in [-0.1, -0.05) is 51.2 Å². The fourth-order valence-corrected chi connectivity index (χ4v) is 2.51. The Morgan fingerprint density at radius 3 is 2.58 bits per heavy atom. The van der Waals surface area contributed by atoms with E-state index in [4.69, 9.17) is 0 Å². The molecular weight excluding hydrogens is 238 g/mol. The van der Waals surface area contributed by atoms with E-state index < -0.39 is 0 Å². The molecule has 1 aliphatic heterocycles. The number of anilines is 1. The number of hydrogen-bond donors (Lipinski definition) is 1. The molecule has 0 fully saturated rings. The van der Waals surface area contributed by atoms with E-state index in [0.717, 1.165) is 24.9 Å². The van der Waals surface area contributed by atoms with E-state index in [1.807, 2.05) is 12.1 Å². The van der Waals surface area contributed by atoms with E-state index in [9.17, 15) is 9.59 Å². The minimum absolute atomic E-state index is 0.283. The summed E-state index contributed by atoms with van der Waals surface area (Å²) in [6.45, 7) is 2.18. The first-order valence-corrected chi connectivity index (χ1v) is 7.18. The Kier molecular flexibility index (Phi) is 4.72. The third-order valence-electron chi connectivity index (χ3n) is 3.64. The van der Waals surface area contributed by atoms with Crippen LogP contribution in [-0.4, -0.2) is 17.6 Å². The number of ketones is 2. The van der Waals surface area contributed by atoms with Crippen LogP contribution in [0.5, 0.6) is 0 Å². The van der Waals surface area contributed by atoms with Crippen molar-refractivity contribution in [2.45, 2.75) is 51.5 Å². The molecule has 0 amide bonds. The molecule has 1 aliphatic rings. The molecule has 19 heavy (non-hydrogen) atoms. The maximum Gasteiger partial charge on any atom is 0.232 e. The predicted octanol–water partition coefficient (Wildman–Crippen LogP) is 3.59. The highest BCUT2D eigenvalue weighted by atomic mass is 16.2.